The van der Waals surface area contributed by atoms with Crippen molar-refractivity contribution in [3.05, 3.63) is 41.7 Å². The largest absolute Gasteiger partial charge is 0.467 e. The normalized spacial score (nSPS) is 15.6. The Balaban J connectivity index is 1.42. The van der Waals surface area contributed by atoms with Crippen LogP contribution in [0.4, 0.5) is 14.9 Å². The second-order valence-electron chi connectivity index (χ2n) is 11.1. The van der Waals surface area contributed by atoms with Crippen molar-refractivity contribution in [2.75, 3.05) is 45.1 Å². The number of methoxy groups -OCH3 is 1. The number of hydrogen-bond donors (Lipinski definition) is 0. The summed E-state index contributed by atoms with van der Waals surface area (Å²) in [5.74, 6) is 0.573. The minimum Gasteiger partial charge on any atom is -0.467 e. The number of ether oxygens (including phenoxy) is 3. The Morgan fingerprint density at radius 2 is 2.05 bits per heavy atom. The van der Waals surface area contributed by atoms with Crippen molar-refractivity contribution in [2.45, 2.75) is 38.8 Å². The van der Waals surface area contributed by atoms with Gasteiger partial charge in [0, 0.05) is 55.8 Å². The summed E-state index contributed by atoms with van der Waals surface area (Å²) >= 11 is 6.80. The van der Waals surface area contributed by atoms with Crippen LogP contribution in [-0.2, 0) is 16.5 Å². The van der Waals surface area contributed by atoms with Gasteiger partial charge in [-0.2, -0.15) is 5.10 Å². The van der Waals surface area contributed by atoms with Gasteiger partial charge in [-0.3, -0.25) is 4.68 Å². The molecule has 0 radical (unpaired) electrons. The average molecular weight is 585 g/mol. The van der Waals surface area contributed by atoms with Crippen LogP contribution in [0.1, 0.15) is 27.2 Å². The van der Waals surface area contributed by atoms with Gasteiger partial charge in [-0.05, 0) is 45.4 Å². The van der Waals surface area contributed by atoms with Crippen LogP contribution in [0.25, 0.3) is 33.2 Å². The Bertz CT molecular complexity index is 1570. The number of aromatic nitrogens is 4. The minimum atomic E-state index is -0.658. The van der Waals surface area contributed by atoms with E-state index in [1.165, 1.54) is 4.90 Å². The molecule has 0 aliphatic carbocycles. The zero-order valence-corrected chi connectivity index (χ0v) is 24.6. The third-order valence-corrected chi connectivity index (χ3v) is 7.16. The van der Waals surface area contributed by atoms with Crippen molar-refractivity contribution >= 4 is 45.3 Å². The predicted molar refractivity (Wildman–Crippen MR) is 156 cm³/mol. The summed E-state index contributed by atoms with van der Waals surface area (Å²) in [5.41, 5.74) is 2.83. The standard InChI is InChI=1S/C29H34ClFN6O4/c1-29(2,3)41-28(38)37(9-7-31)19-6-8-36(16-19)20-11-21-23(30)12-25(33-27(21)32-14-20)22-10-18-15-35(4)34-24(18)13-26(22)40-17-39-5/h10-15,19H,6-9,16-17H2,1-5H3/t19-/m1/s1. The maximum absolute atomic E-state index is 13.3. The monoisotopic (exact) mass is 584 g/mol. The predicted octanol–water partition coefficient (Wildman–Crippen LogP) is 5.60. The molecule has 4 aromatic rings. The lowest BCUT2D eigenvalue weighted by molar-refractivity contribution is 0.0166. The van der Waals surface area contributed by atoms with Crippen LogP contribution < -0.4 is 9.64 Å². The number of hydrogen-bond acceptors (Lipinski definition) is 8. The van der Waals surface area contributed by atoms with Crippen molar-refractivity contribution in [3.63, 3.8) is 0 Å². The van der Waals surface area contributed by atoms with E-state index in [2.05, 4.69) is 15.0 Å². The molecular weight excluding hydrogens is 551 g/mol. The molecule has 1 saturated heterocycles. The number of carbonyl (C=O) groups excluding carboxylic acids is 1. The third kappa shape index (κ3) is 6.31. The van der Waals surface area contributed by atoms with Gasteiger partial charge < -0.3 is 24.0 Å². The van der Waals surface area contributed by atoms with Crippen molar-refractivity contribution in [2.24, 2.45) is 7.05 Å². The zero-order chi connectivity index (χ0) is 29.3. The lowest BCUT2D eigenvalue weighted by Gasteiger charge is -2.31. The van der Waals surface area contributed by atoms with Gasteiger partial charge in [-0.15, -0.1) is 0 Å². The molecule has 4 heterocycles. The maximum Gasteiger partial charge on any atom is 0.410 e. The highest BCUT2D eigenvalue weighted by Crippen LogP contribution is 2.37. The van der Waals surface area contributed by atoms with Crippen molar-refractivity contribution in [1.82, 2.24) is 24.6 Å². The Morgan fingerprint density at radius 3 is 2.78 bits per heavy atom. The quantitative estimate of drug-likeness (QED) is 0.247. The Morgan fingerprint density at radius 1 is 1.24 bits per heavy atom. The van der Waals surface area contributed by atoms with E-state index in [-0.39, 0.29) is 19.4 Å². The molecule has 0 bridgehead atoms. The summed E-state index contributed by atoms with van der Waals surface area (Å²) in [6.07, 6.45) is 3.85. The molecule has 0 spiro atoms. The SMILES string of the molecule is COCOc1cc2nn(C)cc2cc1-c1cc(Cl)c2cc(N3CC[C@@H](N(CCF)C(=O)OC(C)(C)C)C3)cnc2n1. The fraction of sp³-hybridized carbons (Fsp3) is 0.448. The molecule has 41 heavy (non-hydrogen) atoms. The molecule has 0 unspecified atom stereocenters. The molecule has 10 nitrogen and oxygen atoms in total. The molecule has 1 aromatic carbocycles. The number of carbonyl (C=O) groups is 1. The van der Waals surface area contributed by atoms with Gasteiger partial charge >= 0.3 is 6.09 Å². The summed E-state index contributed by atoms with van der Waals surface area (Å²) in [5, 5.41) is 6.60. The highest BCUT2D eigenvalue weighted by molar-refractivity contribution is 6.35. The Labute approximate surface area is 242 Å². The van der Waals surface area contributed by atoms with Crippen LogP contribution in [0, 0.1) is 0 Å². The smallest absolute Gasteiger partial charge is 0.410 e. The van der Waals surface area contributed by atoms with Crippen LogP contribution in [-0.4, -0.2) is 82.6 Å². The van der Waals surface area contributed by atoms with Crippen LogP contribution in [0.2, 0.25) is 5.02 Å². The van der Waals surface area contributed by atoms with Gasteiger partial charge in [0.1, 0.15) is 18.0 Å². The first-order chi connectivity index (χ1) is 19.6. The van der Waals surface area contributed by atoms with Gasteiger partial charge in [0.15, 0.2) is 12.4 Å². The summed E-state index contributed by atoms with van der Waals surface area (Å²) in [6.45, 7) is 6.03. The van der Waals surface area contributed by atoms with Crippen LogP contribution in [0.15, 0.2) is 36.7 Å². The fourth-order valence-corrected chi connectivity index (χ4v) is 5.29. The zero-order valence-electron chi connectivity index (χ0n) is 23.9. The van der Waals surface area contributed by atoms with Crippen LogP contribution in [0.3, 0.4) is 0 Å². The van der Waals surface area contributed by atoms with Gasteiger partial charge in [0.2, 0.25) is 0 Å². The molecule has 1 aliphatic heterocycles. The van der Waals surface area contributed by atoms with E-state index in [0.29, 0.717) is 47.0 Å². The summed E-state index contributed by atoms with van der Waals surface area (Å²) < 4.78 is 31.6. The number of alkyl halides is 1. The molecule has 0 saturated carbocycles. The number of amides is 1. The summed E-state index contributed by atoms with van der Waals surface area (Å²) in [4.78, 5) is 25.8. The number of aryl methyl sites for hydroxylation is 1. The first-order valence-electron chi connectivity index (χ1n) is 13.4. The average Bonchev–Trinajstić information content (AvgIpc) is 3.54. The second kappa shape index (κ2) is 11.7. The Hall–Kier alpha value is -3.70. The van der Waals surface area contributed by atoms with E-state index < -0.39 is 18.4 Å². The second-order valence-corrected chi connectivity index (χ2v) is 11.5. The van der Waals surface area contributed by atoms with Crippen molar-refractivity contribution < 1.29 is 23.4 Å². The van der Waals surface area contributed by atoms with E-state index in [4.69, 9.17) is 30.8 Å². The van der Waals surface area contributed by atoms with E-state index in [9.17, 15) is 9.18 Å². The lowest BCUT2D eigenvalue weighted by atomic mass is 10.1. The molecule has 12 heteroatoms. The molecule has 218 valence electrons. The van der Waals surface area contributed by atoms with Crippen LogP contribution >= 0.6 is 11.6 Å². The van der Waals surface area contributed by atoms with E-state index in [1.54, 1.807) is 44.8 Å². The number of anilines is 1. The van der Waals surface area contributed by atoms with E-state index in [0.717, 1.165) is 22.2 Å². The van der Waals surface area contributed by atoms with Gasteiger partial charge in [-0.1, -0.05) is 11.6 Å². The van der Waals surface area contributed by atoms with E-state index in [1.807, 2.05) is 31.4 Å². The molecule has 5 rings (SSSR count). The topological polar surface area (TPSA) is 94.8 Å². The Kier molecular flexibility index (Phi) is 8.19. The first-order valence-corrected chi connectivity index (χ1v) is 13.8. The van der Waals surface area contributed by atoms with Crippen molar-refractivity contribution in [3.8, 4) is 17.0 Å². The van der Waals surface area contributed by atoms with Gasteiger partial charge in [0.05, 0.1) is 40.7 Å². The van der Waals surface area contributed by atoms with Gasteiger partial charge in [0.25, 0.3) is 0 Å². The number of halogens is 2. The molecular formula is C29H34ClFN6O4. The number of pyridine rings is 2. The number of nitrogens with zero attached hydrogens (tertiary/aromatic N) is 6. The van der Waals surface area contributed by atoms with Crippen LogP contribution in [0.5, 0.6) is 5.75 Å². The number of rotatable bonds is 8. The molecule has 0 N–H and O–H groups in total. The van der Waals surface area contributed by atoms with Crippen molar-refractivity contribution in [1.29, 1.82) is 0 Å². The maximum atomic E-state index is 13.3. The van der Waals surface area contributed by atoms with E-state index >= 15 is 0 Å². The van der Waals surface area contributed by atoms with Gasteiger partial charge in [-0.25, -0.2) is 19.2 Å². The number of benzene rings is 1. The summed E-state index contributed by atoms with van der Waals surface area (Å²) in [7, 11) is 3.42. The third-order valence-electron chi connectivity index (χ3n) is 6.85. The molecule has 1 fully saturated rings. The summed E-state index contributed by atoms with van der Waals surface area (Å²) in [6, 6.07) is 7.38. The highest BCUT2D eigenvalue weighted by atomic mass is 35.5. The molecule has 1 aliphatic rings. The number of fused-ring (bicyclic) bond motifs is 2. The highest BCUT2D eigenvalue weighted by Gasteiger charge is 2.33. The molecule has 1 amide bonds. The molecule has 1 atom stereocenters. The fourth-order valence-electron chi connectivity index (χ4n) is 5.05. The molecule has 3 aromatic heterocycles. The minimum absolute atomic E-state index is 0.0111. The first kappa shape index (κ1) is 28.8. The lowest BCUT2D eigenvalue weighted by Crippen LogP contribution is -2.45.